The summed E-state index contributed by atoms with van der Waals surface area (Å²) in [6, 6.07) is 0. The second-order valence-electron chi connectivity index (χ2n) is 8.76. The maximum Gasteiger partial charge on any atom is 0.146 e. The van der Waals surface area contributed by atoms with E-state index in [-0.39, 0.29) is 5.41 Å². The molecule has 0 heterocycles. The van der Waals surface area contributed by atoms with E-state index in [1.807, 2.05) is 0 Å². The molecule has 0 aromatic heterocycles. The summed E-state index contributed by atoms with van der Waals surface area (Å²) in [5.41, 5.74) is 0.891. The van der Waals surface area contributed by atoms with E-state index in [0.717, 1.165) is 10.5 Å². The molecule has 2 heteroatoms. The first-order valence-electron chi connectivity index (χ1n) is 6.82. The van der Waals surface area contributed by atoms with E-state index < -0.39 is 0 Å². The van der Waals surface area contributed by atoms with Crippen LogP contribution in [0.3, 0.4) is 0 Å². The van der Waals surface area contributed by atoms with Crippen LogP contribution in [0.4, 0.5) is 0 Å². The highest BCUT2D eigenvalue weighted by molar-refractivity contribution is 5.98. The fraction of sp³-hybridized carbons (Fsp3) is 1.00. The first-order chi connectivity index (χ1) is 7.29. The number of rotatable bonds is 3. The average Bonchev–Trinajstić information content (AvgIpc) is 1.96. The van der Waals surface area contributed by atoms with Crippen molar-refractivity contribution in [2.75, 3.05) is 0 Å². The quantitative estimate of drug-likeness (QED) is 0.700. The normalized spacial score (nSPS) is 18.2. The fourth-order valence-corrected chi connectivity index (χ4v) is 3.68. The van der Waals surface area contributed by atoms with E-state index in [2.05, 4.69) is 62.3 Å². The zero-order valence-electron chi connectivity index (χ0n) is 13.8. The summed E-state index contributed by atoms with van der Waals surface area (Å²) in [6.07, 6.45) is 1.59. The van der Waals surface area contributed by atoms with Crippen LogP contribution in [0.2, 0.25) is 0 Å². The van der Waals surface area contributed by atoms with E-state index in [9.17, 15) is 0 Å². The van der Waals surface area contributed by atoms with Crippen molar-refractivity contribution in [1.82, 2.24) is 0 Å². The first kappa shape index (κ1) is 17.2. The van der Waals surface area contributed by atoms with Crippen molar-refractivity contribution < 1.29 is 4.43 Å². The molecular weight excluding hydrogens is 224 g/mol. The Morgan fingerprint density at radius 3 is 1.41 bits per heavy atom. The SMILES string of the molecule is CC(C)(C)CC(C(O[SiH3])C(C)(C)C)C(C)(C)C. The molecule has 0 amide bonds. The zero-order valence-corrected chi connectivity index (χ0v) is 15.8. The minimum atomic E-state index is 0.227. The predicted molar refractivity (Wildman–Crippen MR) is 81.3 cm³/mol. The van der Waals surface area contributed by atoms with E-state index in [4.69, 9.17) is 4.43 Å². The van der Waals surface area contributed by atoms with E-state index >= 15 is 0 Å². The van der Waals surface area contributed by atoms with Crippen molar-refractivity contribution in [2.45, 2.75) is 74.8 Å². The molecule has 0 radical (unpaired) electrons. The van der Waals surface area contributed by atoms with Crippen LogP contribution in [0.15, 0.2) is 0 Å². The highest BCUT2D eigenvalue weighted by atomic mass is 28.2. The molecule has 0 aromatic rings. The Kier molecular flexibility index (Phi) is 5.49. The largest absolute Gasteiger partial charge is 0.424 e. The standard InChI is InChI=1S/C15H34OSi/c1-13(2,3)10-11(14(4,5)6)12(16-17)15(7,8)9/h11-12H,10H2,1-9,17H3. The Morgan fingerprint density at radius 1 is 0.824 bits per heavy atom. The lowest BCUT2D eigenvalue weighted by molar-refractivity contribution is -0.0255. The molecule has 1 nitrogen and oxygen atoms in total. The Bertz CT molecular complexity index is 227. The molecule has 2 atom stereocenters. The van der Waals surface area contributed by atoms with Crippen LogP contribution in [-0.2, 0) is 4.43 Å². The molecule has 104 valence electrons. The summed E-state index contributed by atoms with van der Waals surface area (Å²) in [5, 5.41) is 0. The first-order valence-corrected chi connectivity index (χ1v) is 7.63. The lowest BCUT2D eigenvalue weighted by Crippen LogP contribution is -2.43. The molecule has 0 N–H and O–H groups in total. The zero-order chi connectivity index (χ0) is 14.1. The van der Waals surface area contributed by atoms with Gasteiger partial charge in [0, 0.05) is 0 Å². The van der Waals surface area contributed by atoms with E-state index in [1.165, 1.54) is 6.42 Å². The molecule has 0 fully saturated rings. The Hall–Kier alpha value is 0.177. The number of hydrogen-bond acceptors (Lipinski definition) is 1. The van der Waals surface area contributed by atoms with Gasteiger partial charge in [0.05, 0.1) is 6.10 Å². The summed E-state index contributed by atoms with van der Waals surface area (Å²) < 4.78 is 5.99. The third-order valence-corrected chi connectivity index (χ3v) is 3.93. The predicted octanol–water partition coefficient (Wildman–Crippen LogP) is 3.80. The Labute approximate surface area is 112 Å². The fourth-order valence-electron chi connectivity index (χ4n) is 2.65. The number of hydrogen-bond donors (Lipinski definition) is 0. The van der Waals surface area contributed by atoms with Gasteiger partial charge in [-0.05, 0) is 28.6 Å². The molecule has 0 aliphatic heterocycles. The minimum absolute atomic E-state index is 0.227. The van der Waals surface area contributed by atoms with Gasteiger partial charge < -0.3 is 4.43 Å². The van der Waals surface area contributed by atoms with Crippen LogP contribution in [0, 0.1) is 22.2 Å². The van der Waals surface area contributed by atoms with Gasteiger partial charge in [0.25, 0.3) is 0 Å². The highest BCUT2D eigenvalue weighted by Gasteiger charge is 2.40. The monoisotopic (exact) mass is 258 g/mol. The molecule has 0 saturated heterocycles. The smallest absolute Gasteiger partial charge is 0.146 e. The molecule has 0 bridgehead atoms. The van der Waals surface area contributed by atoms with Crippen LogP contribution in [0.1, 0.15) is 68.7 Å². The Balaban J connectivity index is 5.18. The van der Waals surface area contributed by atoms with Crippen molar-refractivity contribution in [3.05, 3.63) is 0 Å². The van der Waals surface area contributed by atoms with Gasteiger partial charge in [0.2, 0.25) is 0 Å². The molecule has 0 aliphatic rings. The van der Waals surface area contributed by atoms with Gasteiger partial charge in [-0.1, -0.05) is 62.3 Å². The lowest BCUT2D eigenvalue weighted by atomic mass is 9.65. The summed E-state index contributed by atoms with van der Waals surface area (Å²) in [7, 11) is 0.826. The molecule has 2 unspecified atom stereocenters. The van der Waals surface area contributed by atoms with Gasteiger partial charge in [-0.3, -0.25) is 0 Å². The van der Waals surface area contributed by atoms with Crippen LogP contribution < -0.4 is 0 Å². The molecule has 17 heavy (non-hydrogen) atoms. The third kappa shape index (κ3) is 6.05. The van der Waals surface area contributed by atoms with Gasteiger partial charge in [-0.15, -0.1) is 0 Å². The molecule has 0 aromatic carbocycles. The maximum absolute atomic E-state index is 5.99. The summed E-state index contributed by atoms with van der Waals surface area (Å²) in [5.74, 6) is 0.611. The second kappa shape index (κ2) is 5.44. The topological polar surface area (TPSA) is 9.23 Å². The van der Waals surface area contributed by atoms with E-state index in [1.54, 1.807) is 0 Å². The molecule has 0 saturated carbocycles. The van der Waals surface area contributed by atoms with Crippen LogP contribution in [-0.4, -0.2) is 16.6 Å². The maximum atomic E-state index is 5.99. The molecule has 0 spiro atoms. The highest BCUT2D eigenvalue weighted by Crippen LogP contribution is 2.43. The van der Waals surface area contributed by atoms with Crippen molar-refractivity contribution in [3.63, 3.8) is 0 Å². The summed E-state index contributed by atoms with van der Waals surface area (Å²) in [4.78, 5) is 0. The third-order valence-electron chi connectivity index (χ3n) is 3.42. The van der Waals surface area contributed by atoms with Crippen LogP contribution in [0.5, 0.6) is 0 Å². The Morgan fingerprint density at radius 2 is 1.24 bits per heavy atom. The summed E-state index contributed by atoms with van der Waals surface area (Å²) in [6.45, 7) is 21.0. The van der Waals surface area contributed by atoms with Gasteiger partial charge >= 0.3 is 0 Å². The van der Waals surface area contributed by atoms with Gasteiger partial charge in [0.1, 0.15) is 10.5 Å². The van der Waals surface area contributed by atoms with Crippen LogP contribution in [0.25, 0.3) is 0 Å². The van der Waals surface area contributed by atoms with Gasteiger partial charge in [-0.2, -0.15) is 0 Å². The molecule has 0 rings (SSSR count). The van der Waals surface area contributed by atoms with E-state index in [0.29, 0.717) is 22.9 Å². The molecular formula is C15H34OSi. The lowest BCUT2D eigenvalue weighted by Gasteiger charge is -2.45. The minimum Gasteiger partial charge on any atom is -0.424 e. The van der Waals surface area contributed by atoms with Gasteiger partial charge in [0.15, 0.2) is 0 Å². The summed E-state index contributed by atoms with van der Waals surface area (Å²) >= 11 is 0. The van der Waals surface area contributed by atoms with Gasteiger partial charge in [-0.25, -0.2) is 0 Å². The van der Waals surface area contributed by atoms with Crippen LogP contribution >= 0.6 is 0 Å². The second-order valence-corrected chi connectivity index (χ2v) is 9.23. The molecule has 0 aliphatic carbocycles. The average molecular weight is 259 g/mol. The van der Waals surface area contributed by atoms with Crippen molar-refractivity contribution >= 4 is 10.5 Å². The van der Waals surface area contributed by atoms with Crippen molar-refractivity contribution in [1.29, 1.82) is 0 Å². The van der Waals surface area contributed by atoms with Crippen molar-refractivity contribution in [3.8, 4) is 0 Å². The van der Waals surface area contributed by atoms with Crippen molar-refractivity contribution in [2.24, 2.45) is 22.2 Å².